The lowest BCUT2D eigenvalue weighted by Crippen LogP contribution is -2.26. The van der Waals surface area contributed by atoms with Crippen LogP contribution >= 0.6 is 11.6 Å². The molecule has 2 rings (SSSR count). The largest absolute Gasteiger partial charge is 0.384 e. The Labute approximate surface area is 128 Å². The number of aliphatic hydroxyl groups is 1. The van der Waals surface area contributed by atoms with Gasteiger partial charge in [-0.3, -0.25) is 4.79 Å². The van der Waals surface area contributed by atoms with Gasteiger partial charge in [-0.1, -0.05) is 35.6 Å². The number of halogens is 1. The Balaban J connectivity index is 2.02. The molecule has 0 spiro atoms. The molecule has 0 bridgehead atoms. The zero-order valence-corrected chi connectivity index (χ0v) is 12.3. The molecule has 0 radical (unpaired) electrons. The molecule has 2 N–H and O–H groups in total. The highest BCUT2D eigenvalue weighted by Crippen LogP contribution is 2.13. The normalized spacial score (nSPS) is 9.86. The van der Waals surface area contributed by atoms with Crippen LogP contribution in [0.1, 0.15) is 21.6 Å². The van der Waals surface area contributed by atoms with E-state index in [1.54, 1.807) is 24.2 Å². The van der Waals surface area contributed by atoms with Crippen molar-refractivity contribution < 1.29 is 9.90 Å². The maximum Gasteiger partial charge on any atom is 0.270 e. The monoisotopic (exact) mass is 302 g/mol. The third-order valence-corrected chi connectivity index (χ3v) is 3.13. The van der Waals surface area contributed by atoms with Crippen molar-refractivity contribution in [1.82, 2.24) is 9.88 Å². The summed E-state index contributed by atoms with van der Waals surface area (Å²) in [6.45, 7) is 0.334. The van der Waals surface area contributed by atoms with Gasteiger partial charge in [0.1, 0.15) is 12.3 Å². The van der Waals surface area contributed by atoms with Crippen LogP contribution in [0.15, 0.2) is 36.5 Å². The standard InChI is InChI=1S/C16H15ClN2O2/c1-19(16(21)15-9-14(17)10-18-15)11-13-6-4-12(5-7-13)3-2-8-20/h4-7,9-10,18,20H,8,11H2,1H3. The number of carbonyl (C=O) groups is 1. The summed E-state index contributed by atoms with van der Waals surface area (Å²) >= 11 is 5.80. The molecule has 0 unspecified atom stereocenters. The average Bonchev–Trinajstić information content (AvgIpc) is 2.92. The van der Waals surface area contributed by atoms with E-state index in [1.165, 1.54) is 0 Å². The van der Waals surface area contributed by atoms with Crippen molar-refractivity contribution in [2.75, 3.05) is 13.7 Å². The van der Waals surface area contributed by atoms with Crippen LogP contribution in [0, 0.1) is 11.8 Å². The summed E-state index contributed by atoms with van der Waals surface area (Å²) in [5.74, 6) is 5.30. The maximum absolute atomic E-state index is 12.2. The van der Waals surface area contributed by atoms with Gasteiger partial charge in [0.05, 0.1) is 5.02 Å². The molecule has 2 aromatic rings. The van der Waals surface area contributed by atoms with Gasteiger partial charge in [-0.05, 0) is 23.8 Å². The molecule has 108 valence electrons. The van der Waals surface area contributed by atoms with E-state index >= 15 is 0 Å². The van der Waals surface area contributed by atoms with Gasteiger partial charge in [0.2, 0.25) is 0 Å². The van der Waals surface area contributed by atoms with Gasteiger partial charge in [-0.2, -0.15) is 0 Å². The van der Waals surface area contributed by atoms with Gasteiger partial charge in [-0.25, -0.2) is 0 Å². The number of nitrogens with zero attached hydrogens (tertiary/aromatic N) is 1. The summed E-state index contributed by atoms with van der Waals surface area (Å²) in [5, 5.41) is 9.15. The lowest BCUT2D eigenvalue weighted by atomic mass is 10.1. The Morgan fingerprint density at radius 2 is 2.10 bits per heavy atom. The number of nitrogens with one attached hydrogen (secondary N) is 1. The van der Waals surface area contributed by atoms with E-state index in [0.29, 0.717) is 17.3 Å². The molecule has 0 aliphatic carbocycles. The summed E-state index contributed by atoms with van der Waals surface area (Å²) in [4.78, 5) is 16.6. The summed E-state index contributed by atoms with van der Waals surface area (Å²) in [6.07, 6.45) is 1.58. The molecule has 1 aromatic carbocycles. The van der Waals surface area contributed by atoms with Gasteiger partial charge in [0.15, 0.2) is 0 Å². The third-order valence-electron chi connectivity index (χ3n) is 2.91. The number of aliphatic hydroxyl groups excluding tert-OH is 1. The number of amides is 1. The lowest BCUT2D eigenvalue weighted by molar-refractivity contribution is 0.0780. The van der Waals surface area contributed by atoms with Crippen molar-refractivity contribution in [2.24, 2.45) is 0 Å². The van der Waals surface area contributed by atoms with Gasteiger partial charge < -0.3 is 15.0 Å². The van der Waals surface area contributed by atoms with Crippen molar-refractivity contribution in [3.8, 4) is 11.8 Å². The number of aromatic nitrogens is 1. The summed E-state index contributed by atoms with van der Waals surface area (Å²) < 4.78 is 0. The van der Waals surface area contributed by atoms with Crippen molar-refractivity contribution >= 4 is 17.5 Å². The van der Waals surface area contributed by atoms with E-state index in [1.807, 2.05) is 24.3 Å². The number of benzene rings is 1. The predicted octanol–water partition coefficient (Wildman–Crippen LogP) is 2.28. The van der Waals surface area contributed by atoms with Gasteiger partial charge >= 0.3 is 0 Å². The number of aromatic amines is 1. The van der Waals surface area contributed by atoms with Gasteiger partial charge in [0.25, 0.3) is 5.91 Å². The quantitative estimate of drug-likeness (QED) is 0.855. The fraction of sp³-hybridized carbons (Fsp3) is 0.188. The zero-order chi connectivity index (χ0) is 15.2. The highest BCUT2D eigenvalue weighted by atomic mass is 35.5. The maximum atomic E-state index is 12.2. The highest BCUT2D eigenvalue weighted by molar-refractivity contribution is 6.30. The van der Waals surface area contributed by atoms with Crippen LogP contribution in [0.25, 0.3) is 0 Å². The minimum atomic E-state index is -0.155. The fourth-order valence-electron chi connectivity index (χ4n) is 1.88. The first-order valence-corrected chi connectivity index (χ1v) is 6.76. The lowest BCUT2D eigenvalue weighted by Gasteiger charge is -2.16. The minimum absolute atomic E-state index is 0.119. The molecule has 4 nitrogen and oxygen atoms in total. The molecule has 0 saturated carbocycles. The second-order valence-corrected chi connectivity index (χ2v) is 4.99. The molecule has 1 heterocycles. The van der Waals surface area contributed by atoms with Crippen molar-refractivity contribution in [2.45, 2.75) is 6.54 Å². The number of carbonyl (C=O) groups excluding carboxylic acids is 1. The molecular weight excluding hydrogens is 288 g/mol. The Morgan fingerprint density at radius 3 is 2.67 bits per heavy atom. The number of hydrogen-bond acceptors (Lipinski definition) is 2. The summed E-state index contributed by atoms with van der Waals surface area (Å²) in [5.41, 5.74) is 2.30. The van der Waals surface area contributed by atoms with Crippen LogP contribution in [0.5, 0.6) is 0 Å². The predicted molar refractivity (Wildman–Crippen MR) is 82.0 cm³/mol. The van der Waals surface area contributed by atoms with Gasteiger partial charge in [0, 0.05) is 25.4 Å². The second kappa shape index (κ2) is 6.98. The van der Waals surface area contributed by atoms with Crippen LogP contribution in [0.4, 0.5) is 0 Å². The molecule has 0 fully saturated rings. The molecule has 21 heavy (non-hydrogen) atoms. The van der Waals surface area contributed by atoms with Crippen LogP contribution in [-0.2, 0) is 6.54 Å². The third kappa shape index (κ3) is 4.12. The number of rotatable bonds is 3. The van der Waals surface area contributed by atoms with Crippen molar-refractivity contribution in [3.63, 3.8) is 0 Å². The zero-order valence-electron chi connectivity index (χ0n) is 11.6. The highest BCUT2D eigenvalue weighted by Gasteiger charge is 2.13. The first-order valence-electron chi connectivity index (χ1n) is 6.38. The summed E-state index contributed by atoms with van der Waals surface area (Å²) in [7, 11) is 1.73. The Kier molecular flexibility index (Phi) is 5.04. The topological polar surface area (TPSA) is 56.3 Å². The second-order valence-electron chi connectivity index (χ2n) is 4.55. The van der Waals surface area contributed by atoms with Crippen molar-refractivity contribution in [1.29, 1.82) is 0 Å². The Bertz CT molecular complexity index is 680. The fourth-order valence-corrected chi connectivity index (χ4v) is 2.04. The smallest absolute Gasteiger partial charge is 0.270 e. The van der Waals surface area contributed by atoms with E-state index in [9.17, 15) is 4.79 Å². The van der Waals surface area contributed by atoms with Crippen LogP contribution in [-0.4, -0.2) is 34.6 Å². The van der Waals surface area contributed by atoms with E-state index in [0.717, 1.165) is 11.1 Å². The summed E-state index contributed by atoms with van der Waals surface area (Å²) in [6, 6.07) is 9.15. The SMILES string of the molecule is CN(Cc1ccc(C#CCO)cc1)C(=O)c1cc(Cl)c[nH]1. The van der Waals surface area contributed by atoms with Crippen LogP contribution in [0.3, 0.4) is 0 Å². The molecule has 1 aromatic heterocycles. The minimum Gasteiger partial charge on any atom is -0.384 e. The first-order chi connectivity index (χ1) is 10.1. The number of H-pyrrole nitrogens is 1. The average molecular weight is 303 g/mol. The molecule has 5 heteroatoms. The van der Waals surface area contributed by atoms with E-state index in [4.69, 9.17) is 16.7 Å². The molecule has 0 saturated heterocycles. The Morgan fingerprint density at radius 1 is 1.38 bits per heavy atom. The molecule has 0 aliphatic rings. The van der Waals surface area contributed by atoms with Crippen LogP contribution in [0.2, 0.25) is 5.02 Å². The van der Waals surface area contributed by atoms with E-state index in [2.05, 4.69) is 16.8 Å². The van der Waals surface area contributed by atoms with Crippen molar-refractivity contribution in [3.05, 3.63) is 58.4 Å². The molecule has 1 amide bonds. The van der Waals surface area contributed by atoms with E-state index < -0.39 is 0 Å². The molecular formula is C16H15ClN2O2. The number of hydrogen-bond donors (Lipinski definition) is 2. The Hall–Kier alpha value is -2.22. The first kappa shape index (κ1) is 15.2. The van der Waals surface area contributed by atoms with E-state index in [-0.39, 0.29) is 12.5 Å². The molecule has 0 aliphatic heterocycles. The van der Waals surface area contributed by atoms with Crippen LogP contribution < -0.4 is 0 Å². The van der Waals surface area contributed by atoms with Gasteiger partial charge in [-0.15, -0.1) is 0 Å². The molecule has 0 atom stereocenters.